The number of aliphatic hydroxyl groups excluding tert-OH is 1. The van der Waals surface area contributed by atoms with Gasteiger partial charge in [0, 0.05) is 30.8 Å². The maximum atomic E-state index is 9.80. The molecule has 1 aromatic rings. The van der Waals surface area contributed by atoms with E-state index in [1.54, 1.807) is 7.11 Å². The third-order valence-corrected chi connectivity index (χ3v) is 4.62. The van der Waals surface area contributed by atoms with E-state index in [0.29, 0.717) is 19.2 Å². The van der Waals surface area contributed by atoms with Crippen LogP contribution in [0.2, 0.25) is 5.02 Å². The number of hydrogen-bond donors (Lipinski definition) is 2. The lowest BCUT2D eigenvalue weighted by Crippen LogP contribution is -2.46. The molecule has 1 aliphatic rings. The van der Waals surface area contributed by atoms with Gasteiger partial charge in [0.15, 0.2) is 0 Å². The van der Waals surface area contributed by atoms with E-state index >= 15 is 0 Å². The molecule has 2 N–H and O–H groups in total. The quantitative estimate of drug-likeness (QED) is 0.808. The number of nitrogens with zero attached hydrogens (tertiary/aromatic N) is 1. The van der Waals surface area contributed by atoms with Gasteiger partial charge in [-0.25, -0.2) is 0 Å². The lowest BCUT2D eigenvalue weighted by atomic mass is 10.0. The van der Waals surface area contributed by atoms with Crippen LogP contribution in [0.3, 0.4) is 0 Å². The van der Waals surface area contributed by atoms with Crippen molar-refractivity contribution in [2.75, 3.05) is 33.4 Å². The van der Waals surface area contributed by atoms with Crippen molar-refractivity contribution in [3.05, 3.63) is 34.9 Å². The summed E-state index contributed by atoms with van der Waals surface area (Å²) in [6.07, 6.45) is 1.79. The molecule has 0 spiro atoms. The van der Waals surface area contributed by atoms with Crippen LogP contribution in [-0.2, 0) is 4.74 Å². The molecular formula is C17H27ClN2O2. The standard InChI is InChI=1S/C17H27ClN2O2/c1-13(16-5-3-4-6-17(16)18)19-14-7-9-20(10-8-14)11-15(21)12-22-2/h3-6,13-15,19,21H,7-12H2,1-2H3. The van der Waals surface area contributed by atoms with Gasteiger partial charge in [-0.15, -0.1) is 0 Å². The van der Waals surface area contributed by atoms with E-state index < -0.39 is 6.10 Å². The Balaban J connectivity index is 1.76. The summed E-state index contributed by atoms with van der Waals surface area (Å²) in [5.74, 6) is 0. The van der Waals surface area contributed by atoms with Gasteiger partial charge in [-0.2, -0.15) is 0 Å². The minimum atomic E-state index is -0.392. The van der Waals surface area contributed by atoms with E-state index in [9.17, 15) is 5.11 Å². The summed E-state index contributed by atoms with van der Waals surface area (Å²) in [4.78, 5) is 2.31. The first-order chi connectivity index (χ1) is 10.6. The maximum absolute atomic E-state index is 9.80. The largest absolute Gasteiger partial charge is 0.389 e. The number of ether oxygens (including phenoxy) is 1. The van der Waals surface area contributed by atoms with E-state index in [-0.39, 0.29) is 6.04 Å². The van der Waals surface area contributed by atoms with Crippen LogP contribution in [0.25, 0.3) is 0 Å². The van der Waals surface area contributed by atoms with Gasteiger partial charge in [-0.05, 0) is 44.5 Å². The summed E-state index contributed by atoms with van der Waals surface area (Å²) in [7, 11) is 1.62. The van der Waals surface area contributed by atoms with Crippen LogP contribution >= 0.6 is 11.6 Å². The van der Waals surface area contributed by atoms with Crippen LogP contribution in [0.4, 0.5) is 0 Å². The van der Waals surface area contributed by atoms with Crippen LogP contribution in [-0.4, -0.2) is 55.5 Å². The normalized spacial score (nSPS) is 20.0. The Labute approximate surface area is 138 Å². The average Bonchev–Trinajstić information content (AvgIpc) is 2.50. The van der Waals surface area contributed by atoms with Crippen molar-refractivity contribution < 1.29 is 9.84 Å². The third-order valence-electron chi connectivity index (χ3n) is 4.27. The highest BCUT2D eigenvalue weighted by atomic mass is 35.5. The predicted molar refractivity (Wildman–Crippen MR) is 90.3 cm³/mol. The van der Waals surface area contributed by atoms with Crippen molar-refractivity contribution in [1.82, 2.24) is 10.2 Å². The zero-order valence-corrected chi connectivity index (χ0v) is 14.2. The first-order valence-corrected chi connectivity index (χ1v) is 8.37. The van der Waals surface area contributed by atoms with E-state index in [0.717, 1.165) is 36.5 Å². The van der Waals surface area contributed by atoms with Gasteiger partial charge < -0.3 is 20.1 Å². The van der Waals surface area contributed by atoms with Crippen molar-refractivity contribution in [2.45, 2.75) is 38.0 Å². The number of β-amino-alcohol motifs (C(OH)–C–C–N with tert-alkyl or cyclic N) is 1. The second-order valence-electron chi connectivity index (χ2n) is 6.09. The summed E-state index contributed by atoms with van der Waals surface area (Å²) >= 11 is 6.26. The highest BCUT2D eigenvalue weighted by Crippen LogP contribution is 2.24. The molecule has 1 saturated heterocycles. The van der Waals surface area contributed by atoms with Crippen molar-refractivity contribution in [3.63, 3.8) is 0 Å². The topological polar surface area (TPSA) is 44.7 Å². The molecule has 1 fully saturated rings. The van der Waals surface area contributed by atoms with Crippen LogP contribution < -0.4 is 5.32 Å². The molecule has 0 radical (unpaired) electrons. The molecule has 22 heavy (non-hydrogen) atoms. The van der Waals surface area contributed by atoms with Gasteiger partial charge in [0.25, 0.3) is 0 Å². The number of piperidine rings is 1. The van der Waals surface area contributed by atoms with Gasteiger partial charge in [0.1, 0.15) is 0 Å². The molecule has 0 aromatic heterocycles. The molecule has 1 heterocycles. The molecule has 2 rings (SSSR count). The predicted octanol–water partition coefficient (Wildman–Crippen LogP) is 2.46. The van der Waals surface area contributed by atoms with E-state index in [2.05, 4.69) is 23.2 Å². The number of nitrogens with one attached hydrogen (secondary N) is 1. The highest BCUT2D eigenvalue weighted by Gasteiger charge is 2.22. The number of benzene rings is 1. The number of halogens is 1. The fraction of sp³-hybridized carbons (Fsp3) is 0.647. The molecule has 124 valence electrons. The Morgan fingerprint density at radius 1 is 1.36 bits per heavy atom. The fourth-order valence-electron chi connectivity index (χ4n) is 3.09. The summed E-state index contributed by atoms with van der Waals surface area (Å²) in [6.45, 7) is 5.28. The molecule has 1 aromatic carbocycles. The summed E-state index contributed by atoms with van der Waals surface area (Å²) in [6, 6.07) is 8.76. The average molecular weight is 327 g/mol. The first kappa shape index (κ1) is 17.7. The Bertz CT molecular complexity index is 450. The Kier molecular flexibility index (Phi) is 7.12. The Hall–Kier alpha value is -0.650. The molecule has 1 aliphatic heterocycles. The molecular weight excluding hydrogens is 300 g/mol. The number of likely N-dealkylation sites (tertiary alicyclic amines) is 1. The van der Waals surface area contributed by atoms with Crippen LogP contribution in [0.5, 0.6) is 0 Å². The lowest BCUT2D eigenvalue weighted by molar-refractivity contribution is 0.0308. The van der Waals surface area contributed by atoms with E-state index in [1.165, 1.54) is 0 Å². The lowest BCUT2D eigenvalue weighted by Gasteiger charge is -2.35. The minimum absolute atomic E-state index is 0.254. The molecule has 0 aliphatic carbocycles. The Morgan fingerprint density at radius 2 is 2.05 bits per heavy atom. The second-order valence-corrected chi connectivity index (χ2v) is 6.50. The molecule has 2 unspecified atom stereocenters. The van der Waals surface area contributed by atoms with Crippen LogP contribution in [0, 0.1) is 0 Å². The third kappa shape index (κ3) is 5.21. The van der Waals surface area contributed by atoms with Gasteiger partial charge in [0.05, 0.1) is 12.7 Å². The summed E-state index contributed by atoms with van der Waals surface area (Å²) < 4.78 is 4.98. The van der Waals surface area contributed by atoms with Crippen molar-refractivity contribution in [2.24, 2.45) is 0 Å². The Morgan fingerprint density at radius 3 is 2.68 bits per heavy atom. The second kappa shape index (κ2) is 8.85. The molecule has 4 nitrogen and oxygen atoms in total. The molecule has 2 atom stereocenters. The fourth-order valence-corrected chi connectivity index (χ4v) is 3.39. The molecule has 0 saturated carbocycles. The number of rotatable bonds is 7. The van der Waals surface area contributed by atoms with E-state index in [1.807, 2.05) is 18.2 Å². The molecule has 5 heteroatoms. The maximum Gasteiger partial charge on any atom is 0.0900 e. The van der Waals surface area contributed by atoms with Crippen molar-refractivity contribution in [1.29, 1.82) is 0 Å². The van der Waals surface area contributed by atoms with Gasteiger partial charge >= 0.3 is 0 Å². The molecule has 0 amide bonds. The number of methoxy groups -OCH3 is 1. The van der Waals surface area contributed by atoms with Crippen molar-refractivity contribution >= 4 is 11.6 Å². The number of hydrogen-bond acceptors (Lipinski definition) is 4. The number of aliphatic hydroxyl groups is 1. The summed E-state index contributed by atoms with van der Waals surface area (Å²) in [5.41, 5.74) is 1.15. The minimum Gasteiger partial charge on any atom is -0.389 e. The van der Waals surface area contributed by atoms with Gasteiger partial charge in [-0.3, -0.25) is 0 Å². The zero-order valence-electron chi connectivity index (χ0n) is 13.5. The molecule has 0 bridgehead atoms. The smallest absolute Gasteiger partial charge is 0.0900 e. The van der Waals surface area contributed by atoms with E-state index in [4.69, 9.17) is 16.3 Å². The highest BCUT2D eigenvalue weighted by molar-refractivity contribution is 6.31. The van der Waals surface area contributed by atoms with Crippen LogP contribution in [0.1, 0.15) is 31.4 Å². The summed E-state index contributed by atoms with van der Waals surface area (Å²) in [5, 5.41) is 14.3. The van der Waals surface area contributed by atoms with Crippen LogP contribution in [0.15, 0.2) is 24.3 Å². The van der Waals surface area contributed by atoms with Crippen molar-refractivity contribution in [3.8, 4) is 0 Å². The van der Waals surface area contributed by atoms with Gasteiger partial charge in [0.2, 0.25) is 0 Å². The SMILES string of the molecule is COCC(O)CN1CCC(NC(C)c2ccccc2Cl)CC1. The zero-order chi connectivity index (χ0) is 15.9. The van der Waals surface area contributed by atoms with Gasteiger partial charge in [-0.1, -0.05) is 29.8 Å². The monoisotopic (exact) mass is 326 g/mol. The first-order valence-electron chi connectivity index (χ1n) is 8.00.